The lowest BCUT2D eigenvalue weighted by Crippen LogP contribution is -2.41. The predicted molar refractivity (Wildman–Crippen MR) is 124 cm³/mol. The Labute approximate surface area is 176 Å². The highest BCUT2D eigenvalue weighted by Gasteiger charge is 2.27. The van der Waals surface area contributed by atoms with E-state index in [1.165, 1.54) is 0 Å². The molecular formula is C26H20N4. The monoisotopic (exact) mass is 388 g/mol. The first-order valence-electron chi connectivity index (χ1n) is 9.88. The Morgan fingerprint density at radius 3 is 1.00 bits per heavy atom. The van der Waals surface area contributed by atoms with E-state index in [-0.39, 0.29) is 0 Å². The van der Waals surface area contributed by atoms with E-state index >= 15 is 0 Å². The highest BCUT2D eigenvalue weighted by molar-refractivity contribution is 6.19. The molecule has 4 heteroatoms. The molecule has 0 unspecified atom stereocenters. The summed E-state index contributed by atoms with van der Waals surface area (Å²) < 4.78 is 0. The summed E-state index contributed by atoms with van der Waals surface area (Å²) in [4.78, 5) is 0. The molecule has 1 heterocycles. The number of hydrogen-bond acceptors (Lipinski definition) is 4. The summed E-state index contributed by atoms with van der Waals surface area (Å²) >= 11 is 0. The van der Waals surface area contributed by atoms with Crippen LogP contribution in [0, 0.1) is 0 Å². The molecule has 4 nitrogen and oxygen atoms in total. The van der Waals surface area contributed by atoms with Crippen LogP contribution in [-0.2, 0) is 0 Å². The van der Waals surface area contributed by atoms with Gasteiger partial charge in [0.1, 0.15) is 0 Å². The van der Waals surface area contributed by atoms with Crippen LogP contribution < -0.4 is 10.0 Å². The van der Waals surface area contributed by atoms with Gasteiger partial charge in [-0.25, -0.2) is 10.0 Å². The summed E-state index contributed by atoms with van der Waals surface area (Å²) in [5, 5.41) is 14.0. The quantitative estimate of drug-likeness (QED) is 0.447. The van der Waals surface area contributed by atoms with Crippen LogP contribution in [0.2, 0.25) is 0 Å². The fourth-order valence-electron chi connectivity index (χ4n) is 3.40. The third kappa shape index (κ3) is 3.47. The van der Waals surface area contributed by atoms with E-state index in [9.17, 15) is 0 Å². The van der Waals surface area contributed by atoms with Crippen LogP contribution in [0.15, 0.2) is 132 Å². The molecule has 144 valence electrons. The Morgan fingerprint density at radius 2 is 0.667 bits per heavy atom. The van der Waals surface area contributed by atoms with Crippen molar-refractivity contribution in [2.45, 2.75) is 0 Å². The highest BCUT2D eigenvalue weighted by Crippen LogP contribution is 2.27. The van der Waals surface area contributed by atoms with Gasteiger partial charge in [0.15, 0.2) is 11.7 Å². The van der Waals surface area contributed by atoms with Gasteiger partial charge in [0, 0.05) is 11.1 Å². The zero-order chi connectivity index (χ0) is 20.2. The second-order valence-electron chi connectivity index (χ2n) is 6.87. The first-order valence-corrected chi connectivity index (χ1v) is 9.88. The lowest BCUT2D eigenvalue weighted by Gasteiger charge is -2.32. The molecule has 1 aliphatic rings. The number of hydrazone groups is 2. The molecule has 0 aromatic heterocycles. The maximum absolute atomic E-state index is 5.08. The summed E-state index contributed by atoms with van der Waals surface area (Å²) in [6.07, 6.45) is 0. The van der Waals surface area contributed by atoms with Crippen LogP contribution in [0.5, 0.6) is 0 Å². The summed E-state index contributed by atoms with van der Waals surface area (Å²) in [5.74, 6) is 1.54. The van der Waals surface area contributed by atoms with Gasteiger partial charge in [-0.1, -0.05) is 97.1 Å². The van der Waals surface area contributed by atoms with Crippen LogP contribution in [0.25, 0.3) is 0 Å². The minimum Gasteiger partial charge on any atom is -0.211 e. The fraction of sp³-hybridized carbons (Fsp3) is 0. The molecule has 4 aromatic carbocycles. The minimum atomic E-state index is 0.769. The third-order valence-corrected chi connectivity index (χ3v) is 4.86. The molecule has 0 N–H and O–H groups in total. The summed E-state index contributed by atoms with van der Waals surface area (Å²) in [6.45, 7) is 0. The van der Waals surface area contributed by atoms with Crippen LogP contribution in [0.4, 0.5) is 11.4 Å². The number of anilines is 2. The van der Waals surface area contributed by atoms with Crippen molar-refractivity contribution in [3.05, 3.63) is 132 Å². The first-order chi connectivity index (χ1) is 14.9. The topological polar surface area (TPSA) is 31.2 Å². The van der Waals surface area contributed by atoms with E-state index in [1.807, 2.05) is 107 Å². The maximum Gasteiger partial charge on any atom is 0.181 e. The van der Waals surface area contributed by atoms with Crippen molar-refractivity contribution in [1.29, 1.82) is 0 Å². The molecule has 0 amide bonds. The van der Waals surface area contributed by atoms with Gasteiger partial charge in [0.05, 0.1) is 11.4 Å². The lowest BCUT2D eigenvalue weighted by molar-refractivity contribution is 0.994. The van der Waals surface area contributed by atoms with Crippen molar-refractivity contribution in [1.82, 2.24) is 0 Å². The molecular weight excluding hydrogens is 368 g/mol. The molecule has 0 radical (unpaired) electrons. The Morgan fingerprint density at radius 1 is 0.367 bits per heavy atom. The van der Waals surface area contributed by atoms with Crippen molar-refractivity contribution >= 4 is 23.0 Å². The standard InChI is InChI=1S/C26H20N4/c1-5-13-21(14-6-1)25-27-30(24-19-11-4-12-20-24)26(22-15-7-2-8-16-22)28-29(25)23-17-9-3-10-18-23/h1-20H. The van der Waals surface area contributed by atoms with Crippen LogP contribution >= 0.6 is 0 Å². The number of para-hydroxylation sites is 2. The maximum atomic E-state index is 5.08. The number of amidine groups is 2. The molecule has 0 saturated heterocycles. The van der Waals surface area contributed by atoms with E-state index in [0.717, 1.165) is 34.2 Å². The average Bonchev–Trinajstić information content (AvgIpc) is 2.85. The van der Waals surface area contributed by atoms with Gasteiger partial charge in [0.25, 0.3) is 0 Å². The second-order valence-corrected chi connectivity index (χ2v) is 6.87. The summed E-state index contributed by atoms with van der Waals surface area (Å²) in [6, 6.07) is 40.6. The van der Waals surface area contributed by atoms with Gasteiger partial charge in [0.2, 0.25) is 0 Å². The van der Waals surface area contributed by atoms with Gasteiger partial charge in [-0.15, -0.1) is 10.2 Å². The Balaban J connectivity index is 1.72. The molecule has 1 aliphatic heterocycles. The smallest absolute Gasteiger partial charge is 0.181 e. The number of rotatable bonds is 4. The normalized spacial score (nSPS) is 13.6. The number of hydrogen-bond donors (Lipinski definition) is 0. The Hall–Kier alpha value is -4.18. The highest BCUT2D eigenvalue weighted by atomic mass is 15.6. The zero-order valence-corrected chi connectivity index (χ0v) is 16.3. The van der Waals surface area contributed by atoms with Gasteiger partial charge in [-0.3, -0.25) is 0 Å². The van der Waals surface area contributed by atoms with E-state index in [0.29, 0.717) is 0 Å². The van der Waals surface area contributed by atoms with Crippen molar-refractivity contribution in [3.8, 4) is 0 Å². The van der Waals surface area contributed by atoms with E-state index < -0.39 is 0 Å². The van der Waals surface area contributed by atoms with Crippen LogP contribution in [0.3, 0.4) is 0 Å². The van der Waals surface area contributed by atoms with E-state index in [2.05, 4.69) is 24.3 Å². The largest absolute Gasteiger partial charge is 0.211 e. The Kier molecular flexibility index (Phi) is 4.80. The first kappa shape index (κ1) is 17.9. The van der Waals surface area contributed by atoms with Crippen LogP contribution in [-0.4, -0.2) is 11.7 Å². The molecule has 0 bridgehead atoms. The summed E-state index contributed by atoms with van der Waals surface area (Å²) in [7, 11) is 0. The number of benzene rings is 4. The van der Waals surface area contributed by atoms with Gasteiger partial charge in [-0.2, -0.15) is 0 Å². The van der Waals surface area contributed by atoms with E-state index in [1.54, 1.807) is 0 Å². The molecule has 0 aliphatic carbocycles. The second kappa shape index (κ2) is 8.05. The SMILES string of the molecule is c1ccc(C2=NN(c3ccccc3)C(c3ccccc3)=NN2c2ccccc2)cc1. The van der Waals surface area contributed by atoms with Crippen molar-refractivity contribution in [3.63, 3.8) is 0 Å². The molecule has 0 spiro atoms. The van der Waals surface area contributed by atoms with Crippen molar-refractivity contribution in [2.75, 3.05) is 10.0 Å². The fourth-order valence-corrected chi connectivity index (χ4v) is 3.40. The van der Waals surface area contributed by atoms with E-state index in [4.69, 9.17) is 10.2 Å². The molecule has 30 heavy (non-hydrogen) atoms. The van der Waals surface area contributed by atoms with Gasteiger partial charge < -0.3 is 0 Å². The Bertz CT molecular complexity index is 1070. The third-order valence-electron chi connectivity index (χ3n) is 4.86. The molecule has 0 saturated carbocycles. The average molecular weight is 388 g/mol. The number of nitrogens with zero attached hydrogens (tertiary/aromatic N) is 4. The molecule has 5 rings (SSSR count). The van der Waals surface area contributed by atoms with Crippen molar-refractivity contribution in [2.24, 2.45) is 10.2 Å². The van der Waals surface area contributed by atoms with Gasteiger partial charge in [-0.05, 0) is 24.3 Å². The van der Waals surface area contributed by atoms with Crippen molar-refractivity contribution < 1.29 is 0 Å². The zero-order valence-electron chi connectivity index (χ0n) is 16.3. The van der Waals surface area contributed by atoms with Crippen LogP contribution in [0.1, 0.15) is 11.1 Å². The summed E-state index contributed by atoms with van der Waals surface area (Å²) in [5.41, 5.74) is 3.92. The molecule has 0 atom stereocenters. The molecule has 4 aromatic rings. The predicted octanol–water partition coefficient (Wildman–Crippen LogP) is 5.74. The minimum absolute atomic E-state index is 0.769. The molecule has 0 fully saturated rings. The lowest BCUT2D eigenvalue weighted by atomic mass is 10.1. The van der Waals surface area contributed by atoms with Gasteiger partial charge >= 0.3 is 0 Å².